The van der Waals surface area contributed by atoms with E-state index in [1.807, 2.05) is 6.08 Å². The molecular weight excluding hydrogens is 745 g/mol. The maximum atomic E-state index is 10.8. The van der Waals surface area contributed by atoms with Gasteiger partial charge in [-0.1, -0.05) is 66.9 Å². The number of carbonyl (C=O) groups excluding carboxylic acids is 1. The van der Waals surface area contributed by atoms with Crippen LogP contribution < -0.4 is 0 Å². The fourth-order valence-electron chi connectivity index (χ4n) is 11.7. The molecule has 0 amide bonds. The highest BCUT2D eigenvalue weighted by molar-refractivity contribution is 5.50. The maximum Gasteiger partial charge on any atom is 0.122 e. The van der Waals surface area contributed by atoms with E-state index in [1.54, 1.807) is 0 Å². The fraction of sp³-hybridized carbons (Fsp3) is 0.940. The van der Waals surface area contributed by atoms with Gasteiger partial charge in [-0.05, 0) is 122 Å². The molecule has 59 heavy (non-hydrogen) atoms. The van der Waals surface area contributed by atoms with Crippen molar-refractivity contribution < 1.29 is 43.4 Å². The summed E-state index contributed by atoms with van der Waals surface area (Å²) in [6.45, 7) is 30.2. The molecule has 6 rings (SSSR count). The zero-order valence-corrected chi connectivity index (χ0v) is 39.7. The van der Waals surface area contributed by atoms with E-state index in [2.05, 4.69) is 89.7 Å². The monoisotopic (exact) mass is 835 g/mol. The van der Waals surface area contributed by atoms with Crippen molar-refractivity contribution in [3.05, 3.63) is 12.7 Å². The molecule has 0 spiro atoms. The summed E-state index contributed by atoms with van der Waals surface area (Å²) in [6.07, 6.45) is 20.0. The highest BCUT2D eigenvalue weighted by atomic mass is 16.5. The molecule has 2 N–H and O–H groups in total. The summed E-state index contributed by atoms with van der Waals surface area (Å²) in [4.78, 5) is 10.8. The topological polar surface area (TPSA) is 113 Å². The number of carbonyl (C=O) groups is 1. The van der Waals surface area contributed by atoms with E-state index in [4.69, 9.17) is 33.5 Å². The zero-order chi connectivity index (χ0) is 43.7. The minimum atomic E-state index is -0.670. The van der Waals surface area contributed by atoms with Crippen LogP contribution in [0.15, 0.2) is 12.7 Å². The molecule has 9 nitrogen and oxygen atoms in total. The number of aliphatic hydroxyl groups is 2. The molecule has 0 saturated carbocycles. The number of aliphatic hydroxyl groups excluding tert-OH is 2. The number of hydrogen-bond acceptors (Lipinski definition) is 9. The van der Waals surface area contributed by atoms with Crippen LogP contribution in [0.1, 0.15) is 179 Å². The third-order valence-corrected chi connectivity index (χ3v) is 15.3. The predicted octanol–water partition coefficient (Wildman–Crippen LogP) is 10.2. The standard InChI is InChI=1S/C17H32O4.C17H30O2.C16H28O3/c1-5-14-11(2)15(20-16(14)8-12(19)10-18)9-13-6-7-17(3,4)21-13;1-6-8-15-14(7-2)12(3)16(18-15)11-13-9-10-17(4,5)19-13;1-5-13-11(2)15(18-14(13)7-9-17)10-12-6-8-16(3,4)19-12/h11-16,18-19H,5-10H2,1-4H3;6,12-16H,1,7-11H2,2-5H3;9,11-15H,5-8,10H2,1-4H3/t11-,12?,13-,14-,15-,16+;12-,13-,14-,15+,16-;11-,12-,13-,14+,15-/m111/s1. The Hall–Kier alpha value is -0.910. The maximum absolute atomic E-state index is 10.8. The molecule has 0 radical (unpaired) electrons. The highest BCUT2D eigenvalue weighted by Crippen LogP contribution is 2.44. The summed E-state index contributed by atoms with van der Waals surface area (Å²) in [5, 5.41) is 18.8. The molecular formula is C50H90O9. The first kappa shape index (κ1) is 50.7. The van der Waals surface area contributed by atoms with E-state index in [1.165, 1.54) is 19.3 Å². The lowest BCUT2D eigenvalue weighted by molar-refractivity contribution is -0.111. The normalized spacial score (nSPS) is 41.2. The summed E-state index contributed by atoms with van der Waals surface area (Å²) >= 11 is 0. The molecule has 6 heterocycles. The Bertz CT molecular complexity index is 1190. The number of rotatable bonds is 16. The molecule has 1 unspecified atom stereocenters. The Balaban J connectivity index is 0.000000196. The highest BCUT2D eigenvalue weighted by Gasteiger charge is 2.46. The Morgan fingerprint density at radius 1 is 0.593 bits per heavy atom. The van der Waals surface area contributed by atoms with Gasteiger partial charge < -0.3 is 43.4 Å². The van der Waals surface area contributed by atoms with Crippen LogP contribution in [0.2, 0.25) is 0 Å². The van der Waals surface area contributed by atoms with Gasteiger partial charge in [-0.25, -0.2) is 0 Å². The summed E-state index contributed by atoms with van der Waals surface area (Å²) in [7, 11) is 0. The van der Waals surface area contributed by atoms with E-state index < -0.39 is 6.10 Å². The molecule has 344 valence electrons. The van der Waals surface area contributed by atoms with Crippen LogP contribution in [-0.4, -0.2) is 101 Å². The van der Waals surface area contributed by atoms with Gasteiger partial charge >= 0.3 is 0 Å². The lowest BCUT2D eigenvalue weighted by atomic mass is 9.83. The van der Waals surface area contributed by atoms with Gasteiger partial charge in [0.05, 0.1) is 84.4 Å². The van der Waals surface area contributed by atoms with Gasteiger partial charge in [0.2, 0.25) is 0 Å². The Kier molecular flexibility index (Phi) is 19.5. The smallest absolute Gasteiger partial charge is 0.122 e. The van der Waals surface area contributed by atoms with Crippen molar-refractivity contribution >= 4 is 6.29 Å². The lowest BCUT2D eigenvalue weighted by Gasteiger charge is -2.23. The van der Waals surface area contributed by atoms with Crippen LogP contribution in [0, 0.1) is 35.5 Å². The first-order valence-electron chi connectivity index (χ1n) is 24.1. The molecule has 0 aliphatic carbocycles. The van der Waals surface area contributed by atoms with Gasteiger partial charge in [0.1, 0.15) is 6.29 Å². The summed E-state index contributed by atoms with van der Waals surface area (Å²) in [6, 6.07) is 0. The zero-order valence-electron chi connectivity index (χ0n) is 39.7. The molecule has 6 aliphatic rings. The van der Waals surface area contributed by atoms with Crippen molar-refractivity contribution in [3.63, 3.8) is 0 Å². The summed E-state index contributed by atoms with van der Waals surface area (Å²) in [5.41, 5.74) is 0.0964. The van der Waals surface area contributed by atoms with Crippen LogP contribution in [0.3, 0.4) is 0 Å². The molecule has 6 saturated heterocycles. The second-order valence-electron chi connectivity index (χ2n) is 21.3. The second kappa shape index (κ2) is 22.6. The largest absolute Gasteiger partial charge is 0.394 e. The first-order valence-corrected chi connectivity index (χ1v) is 24.1. The molecule has 0 bridgehead atoms. The van der Waals surface area contributed by atoms with Gasteiger partial charge in [-0.15, -0.1) is 6.58 Å². The number of hydrogen-bond donors (Lipinski definition) is 2. The van der Waals surface area contributed by atoms with Crippen molar-refractivity contribution in [1.82, 2.24) is 0 Å². The Morgan fingerprint density at radius 2 is 0.932 bits per heavy atom. The van der Waals surface area contributed by atoms with E-state index in [-0.39, 0.29) is 47.8 Å². The van der Waals surface area contributed by atoms with Crippen LogP contribution in [-0.2, 0) is 33.2 Å². The molecule has 16 atom stereocenters. The first-order chi connectivity index (χ1) is 27.8. The average molecular weight is 835 g/mol. The van der Waals surface area contributed by atoms with E-state index in [0.29, 0.717) is 78.9 Å². The molecule has 0 aromatic carbocycles. The fourth-order valence-corrected chi connectivity index (χ4v) is 11.7. The van der Waals surface area contributed by atoms with Crippen LogP contribution in [0.25, 0.3) is 0 Å². The van der Waals surface area contributed by atoms with Gasteiger partial charge in [-0.2, -0.15) is 0 Å². The Morgan fingerprint density at radius 3 is 1.22 bits per heavy atom. The molecule has 0 aromatic rings. The number of ether oxygens (including phenoxy) is 6. The van der Waals surface area contributed by atoms with Crippen molar-refractivity contribution in [1.29, 1.82) is 0 Å². The minimum absolute atomic E-state index is 0.00313. The molecule has 9 heteroatoms. The lowest BCUT2D eigenvalue weighted by Crippen LogP contribution is -2.26. The van der Waals surface area contributed by atoms with Crippen molar-refractivity contribution in [2.45, 2.75) is 257 Å². The third-order valence-electron chi connectivity index (χ3n) is 15.3. The summed E-state index contributed by atoms with van der Waals surface area (Å²) in [5.74, 6) is 3.32. The van der Waals surface area contributed by atoms with E-state index in [0.717, 1.165) is 70.5 Å². The van der Waals surface area contributed by atoms with Crippen molar-refractivity contribution in [3.8, 4) is 0 Å². The SMILES string of the molecule is C=CC[C@@H]1O[C@H](C[C@H]2CCC(C)(C)O2)[C@H](C)[C@H]1CC.CC[C@@H]1[C@@H](C)[C@@H](C[C@H]2CCC(C)(C)O2)O[C@H]1CC(O)CO.CC[C@@H]1[C@@H](C)[C@@H](C[C@H]2CCC(C)(C)O2)O[C@H]1CC=O. The molecule has 6 aliphatic heterocycles. The van der Waals surface area contributed by atoms with Crippen molar-refractivity contribution in [2.75, 3.05) is 6.61 Å². The van der Waals surface area contributed by atoms with E-state index >= 15 is 0 Å². The average Bonchev–Trinajstić information content (AvgIpc) is 4.00. The van der Waals surface area contributed by atoms with Gasteiger partial charge in [0.25, 0.3) is 0 Å². The number of aldehydes is 1. The van der Waals surface area contributed by atoms with Gasteiger partial charge in [-0.3, -0.25) is 0 Å². The summed E-state index contributed by atoms with van der Waals surface area (Å²) < 4.78 is 37.0. The van der Waals surface area contributed by atoms with Crippen LogP contribution >= 0.6 is 0 Å². The van der Waals surface area contributed by atoms with Gasteiger partial charge in [0, 0.05) is 32.1 Å². The van der Waals surface area contributed by atoms with E-state index in [9.17, 15) is 9.90 Å². The van der Waals surface area contributed by atoms with Crippen LogP contribution in [0.5, 0.6) is 0 Å². The second-order valence-corrected chi connectivity index (χ2v) is 21.3. The van der Waals surface area contributed by atoms with Gasteiger partial charge in [0.15, 0.2) is 0 Å². The van der Waals surface area contributed by atoms with Crippen LogP contribution in [0.4, 0.5) is 0 Å². The predicted molar refractivity (Wildman–Crippen MR) is 236 cm³/mol. The third kappa shape index (κ3) is 14.3. The molecule has 6 fully saturated rings. The Labute approximate surface area is 360 Å². The quantitative estimate of drug-likeness (QED) is 0.116. The minimum Gasteiger partial charge on any atom is -0.394 e. The molecule has 0 aromatic heterocycles. The van der Waals surface area contributed by atoms with Crippen molar-refractivity contribution in [2.24, 2.45) is 35.5 Å².